The van der Waals surface area contributed by atoms with Crippen LogP contribution < -0.4 is 15.0 Å². The van der Waals surface area contributed by atoms with E-state index in [0.717, 1.165) is 18.7 Å². The van der Waals surface area contributed by atoms with Crippen LogP contribution in [0.3, 0.4) is 0 Å². The molecule has 1 aliphatic rings. The van der Waals surface area contributed by atoms with Gasteiger partial charge in [-0.25, -0.2) is 4.90 Å². The minimum atomic E-state index is -0.346. The van der Waals surface area contributed by atoms with Crippen LogP contribution in [-0.2, 0) is 16.0 Å². The van der Waals surface area contributed by atoms with Gasteiger partial charge in [0.05, 0.1) is 25.3 Å². The van der Waals surface area contributed by atoms with E-state index in [1.54, 1.807) is 36.7 Å². The Morgan fingerprint density at radius 3 is 2.56 bits per heavy atom. The third-order valence-corrected chi connectivity index (χ3v) is 4.22. The lowest BCUT2D eigenvalue weighted by Gasteiger charge is -2.15. The molecule has 1 aromatic carbocycles. The van der Waals surface area contributed by atoms with Gasteiger partial charge in [0.25, 0.3) is 5.91 Å². The summed E-state index contributed by atoms with van der Waals surface area (Å²) in [5, 5.41) is 1.95. The number of carbonyl (C=O) groups is 2. The smallest absolute Gasteiger partial charge is 0.292 e. The zero-order chi connectivity index (χ0) is 17.6. The molecule has 2 aromatic rings. The summed E-state index contributed by atoms with van der Waals surface area (Å²) in [6, 6.07) is 10.6. The van der Waals surface area contributed by atoms with Gasteiger partial charge in [-0.1, -0.05) is 0 Å². The molecule has 6 nitrogen and oxygen atoms in total. The van der Waals surface area contributed by atoms with E-state index in [0.29, 0.717) is 12.3 Å². The van der Waals surface area contributed by atoms with Crippen molar-refractivity contribution in [2.24, 2.45) is 0 Å². The molecule has 1 fully saturated rings. The van der Waals surface area contributed by atoms with Crippen molar-refractivity contribution in [1.29, 1.82) is 0 Å². The molecule has 0 radical (unpaired) electrons. The summed E-state index contributed by atoms with van der Waals surface area (Å²) in [6.45, 7) is 3.24. The van der Waals surface area contributed by atoms with Crippen LogP contribution >= 0.6 is 0 Å². The predicted molar refractivity (Wildman–Crippen MR) is 93.2 cm³/mol. The Hall–Kier alpha value is -2.73. The standard InChI is InChI=1S/C19H21N3O3/c1-2-25-16-5-3-15(4-6-16)22-18(23)13-17(19(22)24)21-12-9-14-7-10-20-11-8-14/h3-8,10-11,17,21H,2,9,12-13H2,1H3/p+1/t17-/m1/s1. The maximum atomic E-state index is 12.6. The maximum absolute atomic E-state index is 12.6. The number of rotatable bonds is 7. The van der Waals surface area contributed by atoms with Crippen LogP contribution in [-0.4, -0.2) is 36.0 Å². The topological polar surface area (TPSA) is 76.1 Å². The average molecular weight is 340 g/mol. The summed E-state index contributed by atoms with van der Waals surface area (Å²) in [5.41, 5.74) is 1.77. The fraction of sp³-hybridized carbons (Fsp3) is 0.316. The molecular formula is C19H22N3O3+. The minimum absolute atomic E-state index is 0.149. The van der Waals surface area contributed by atoms with Gasteiger partial charge in [-0.05, 0) is 48.9 Å². The van der Waals surface area contributed by atoms with Crippen molar-refractivity contribution >= 4 is 17.5 Å². The van der Waals surface area contributed by atoms with Gasteiger partial charge in [-0.15, -0.1) is 0 Å². The number of aromatic nitrogens is 1. The predicted octanol–water partition coefficient (Wildman–Crippen LogP) is 0.918. The molecule has 2 amide bonds. The molecule has 25 heavy (non-hydrogen) atoms. The molecule has 2 N–H and O–H groups in total. The Morgan fingerprint density at radius 2 is 1.88 bits per heavy atom. The number of anilines is 1. The Kier molecular flexibility index (Phi) is 5.40. The van der Waals surface area contributed by atoms with E-state index in [-0.39, 0.29) is 24.3 Å². The summed E-state index contributed by atoms with van der Waals surface area (Å²) in [7, 11) is 0. The van der Waals surface area contributed by atoms with E-state index in [1.807, 2.05) is 24.4 Å². The number of hydrogen-bond donors (Lipinski definition) is 1. The first-order chi connectivity index (χ1) is 12.2. The van der Waals surface area contributed by atoms with E-state index in [1.165, 1.54) is 10.5 Å². The number of ether oxygens (including phenoxy) is 1. The Morgan fingerprint density at radius 1 is 1.16 bits per heavy atom. The Labute approximate surface area is 146 Å². The lowest BCUT2D eigenvalue weighted by atomic mass is 10.2. The van der Waals surface area contributed by atoms with Crippen molar-refractivity contribution in [3.8, 4) is 5.75 Å². The SMILES string of the molecule is CCOc1ccc(N2C(=O)C[C@@H]([NH2+]CCc3ccncc3)C2=O)cc1. The van der Waals surface area contributed by atoms with Crippen LogP contribution in [0, 0.1) is 0 Å². The zero-order valence-corrected chi connectivity index (χ0v) is 14.2. The van der Waals surface area contributed by atoms with Crippen LogP contribution in [0.1, 0.15) is 18.9 Å². The molecule has 1 atom stereocenters. The van der Waals surface area contributed by atoms with E-state index in [9.17, 15) is 9.59 Å². The quantitative estimate of drug-likeness (QED) is 0.761. The Balaban J connectivity index is 1.59. The van der Waals surface area contributed by atoms with Crippen molar-refractivity contribution in [2.45, 2.75) is 25.8 Å². The summed E-state index contributed by atoms with van der Waals surface area (Å²) in [5.74, 6) is 0.425. The second-order valence-corrected chi connectivity index (χ2v) is 5.93. The van der Waals surface area contributed by atoms with Crippen molar-refractivity contribution in [3.63, 3.8) is 0 Å². The maximum Gasteiger partial charge on any atom is 0.292 e. The molecule has 1 aliphatic heterocycles. The first-order valence-corrected chi connectivity index (χ1v) is 8.51. The number of hydrogen-bond acceptors (Lipinski definition) is 4. The molecule has 130 valence electrons. The lowest BCUT2D eigenvalue weighted by molar-refractivity contribution is -0.674. The second kappa shape index (κ2) is 7.90. The van der Waals surface area contributed by atoms with Crippen molar-refractivity contribution < 1.29 is 19.6 Å². The van der Waals surface area contributed by atoms with Gasteiger partial charge in [0, 0.05) is 18.8 Å². The van der Waals surface area contributed by atoms with Crippen molar-refractivity contribution in [2.75, 3.05) is 18.1 Å². The summed E-state index contributed by atoms with van der Waals surface area (Å²) in [6.07, 6.45) is 4.59. The van der Waals surface area contributed by atoms with Crippen LogP contribution in [0.15, 0.2) is 48.8 Å². The van der Waals surface area contributed by atoms with E-state index < -0.39 is 0 Å². The molecule has 0 saturated carbocycles. The van der Waals surface area contributed by atoms with Crippen LogP contribution in [0.5, 0.6) is 5.75 Å². The zero-order valence-electron chi connectivity index (χ0n) is 14.2. The number of carbonyl (C=O) groups excluding carboxylic acids is 2. The van der Waals surface area contributed by atoms with Crippen molar-refractivity contribution in [3.05, 3.63) is 54.4 Å². The summed E-state index contributed by atoms with van der Waals surface area (Å²) in [4.78, 5) is 30.2. The van der Waals surface area contributed by atoms with Gasteiger partial charge in [-0.3, -0.25) is 14.6 Å². The summed E-state index contributed by atoms with van der Waals surface area (Å²) >= 11 is 0. The molecule has 2 heterocycles. The van der Waals surface area contributed by atoms with Crippen LogP contribution in [0.4, 0.5) is 5.69 Å². The van der Waals surface area contributed by atoms with Crippen molar-refractivity contribution in [1.82, 2.24) is 4.98 Å². The Bertz CT molecular complexity index is 731. The number of imide groups is 1. The molecule has 0 unspecified atom stereocenters. The van der Waals surface area contributed by atoms with Gasteiger partial charge in [0.2, 0.25) is 5.91 Å². The number of nitrogens with zero attached hydrogens (tertiary/aromatic N) is 2. The molecule has 3 rings (SSSR count). The van der Waals surface area contributed by atoms with Gasteiger partial charge in [-0.2, -0.15) is 0 Å². The highest BCUT2D eigenvalue weighted by atomic mass is 16.5. The number of pyridine rings is 1. The molecule has 0 aliphatic carbocycles. The largest absolute Gasteiger partial charge is 0.494 e. The highest BCUT2D eigenvalue weighted by molar-refractivity contribution is 6.21. The molecule has 1 aromatic heterocycles. The van der Waals surface area contributed by atoms with Gasteiger partial charge in [0.1, 0.15) is 5.75 Å². The van der Waals surface area contributed by atoms with Gasteiger partial charge >= 0.3 is 0 Å². The van der Waals surface area contributed by atoms with E-state index in [4.69, 9.17) is 4.74 Å². The lowest BCUT2D eigenvalue weighted by Crippen LogP contribution is -2.92. The fourth-order valence-corrected chi connectivity index (χ4v) is 2.97. The van der Waals surface area contributed by atoms with Gasteiger partial charge in [0.15, 0.2) is 6.04 Å². The molecule has 1 saturated heterocycles. The molecular weight excluding hydrogens is 318 g/mol. The summed E-state index contributed by atoms with van der Waals surface area (Å²) < 4.78 is 5.39. The molecule has 0 bridgehead atoms. The first kappa shape index (κ1) is 17.1. The number of amides is 2. The highest BCUT2D eigenvalue weighted by Crippen LogP contribution is 2.24. The average Bonchev–Trinajstić information content (AvgIpc) is 2.91. The number of nitrogens with two attached hydrogens (primary N) is 1. The number of benzene rings is 1. The fourth-order valence-electron chi connectivity index (χ4n) is 2.97. The highest BCUT2D eigenvalue weighted by Gasteiger charge is 2.42. The normalized spacial score (nSPS) is 17.2. The van der Waals surface area contributed by atoms with E-state index >= 15 is 0 Å². The third kappa shape index (κ3) is 4.03. The third-order valence-electron chi connectivity index (χ3n) is 4.22. The first-order valence-electron chi connectivity index (χ1n) is 8.51. The molecule has 6 heteroatoms. The van der Waals surface area contributed by atoms with Gasteiger partial charge < -0.3 is 10.1 Å². The minimum Gasteiger partial charge on any atom is -0.494 e. The molecule has 0 spiro atoms. The van der Waals surface area contributed by atoms with Crippen LogP contribution in [0.25, 0.3) is 0 Å². The number of quaternary nitrogens is 1. The van der Waals surface area contributed by atoms with Crippen LogP contribution in [0.2, 0.25) is 0 Å². The second-order valence-electron chi connectivity index (χ2n) is 5.93. The van der Waals surface area contributed by atoms with E-state index in [2.05, 4.69) is 4.98 Å². The monoisotopic (exact) mass is 340 g/mol.